The summed E-state index contributed by atoms with van der Waals surface area (Å²) in [4.78, 5) is 39.0. The molecular weight excluding hydrogens is 318 g/mol. The lowest BCUT2D eigenvalue weighted by Gasteiger charge is -2.34. The molecule has 1 aromatic rings. The summed E-state index contributed by atoms with van der Waals surface area (Å²) < 4.78 is 5.54. The molecule has 5 nitrogen and oxygen atoms in total. The predicted molar refractivity (Wildman–Crippen MR) is 94.8 cm³/mol. The summed E-state index contributed by atoms with van der Waals surface area (Å²) in [6, 6.07) is 8.13. The second-order valence-electron chi connectivity index (χ2n) is 7.91. The molecule has 1 amide bonds. The van der Waals surface area contributed by atoms with Crippen molar-refractivity contribution in [2.75, 3.05) is 0 Å². The first kappa shape index (κ1) is 19.2. The highest BCUT2D eigenvalue weighted by atomic mass is 16.6. The molecule has 0 unspecified atom stereocenters. The third-order valence-electron chi connectivity index (χ3n) is 4.39. The molecule has 0 bridgehead atoms. The van der Waals surface area contributed by atoms with Gasteiger partial charge in [0.15, 0.2) is 6.23 Å². The lowest BCUT2D eigenvalue weighted by molar-refractivity contribution is -0.147. The fourth-order valence-corrected chi connectivity index (χ4v) is 2.92. The molecule has 0 spiro atoms. The van der Waals surface area contributed by atoms with Gasteiger partial charge in [0, 0.05) is 23.3 Å². The average molecular weight is 345 g/mol. The second kappa shape index (κ2) is 7.38. The van der Waals surface area contributed by atoms with Crippen LogP contribution in [0, 0.1) is 11.3 Å². The van der Waals surface area contributed by atoms with Gasteiger partial charge < -0.3 is 4.74 Å². The smallest absolute Gasteiger partial charge is 0.330 e. The summed E-state index contributed by atoms with van der Waals surface area (Å²) in [6.45, 7) is 9.45. The van der Waals surface area contributed by atoms with Gasteiger partial charge >= 0.3 is 5.97 Å². The Labute approximate surface area is 149 Å². The summed E-state index contributed by atoms with van der Waals surface area (Å²) in [5.74, 6) is -0.678. The number of hydrogen-bond donors (Lipinski definition) is 0. The number of hydrogen-bond acceptors (Lipinski definition) is 4. The van der Waals surface area contributed by atoms with Crippen LogP contribution in [-0.2, 0) is 14.3 Å². The Kier molecular flexibility index (Phi) is 5.65. The standard InChI is InChI=1S/C20H27NO4/c1-13(2)16(22)12-11-15-18(24)25-19(20(3,4)5)21(15)17(23)14-9-7-6-8-10-14/h6-10,13,15,19H,11-12H2,1-5H3/t15-,19+/m1/s1. The molecule has 1 aliphatic rings. The summed E-state index contributed by atoms with van der Waals surface area (Å²) in [7, 11) is 0. The van der Waals surface area contributed by atoms with Crippen LogP contribution in [0.1, 0.15) is 57.8 Å². The highest BCUT2D eigenvalue weighted by molar-refractivity contribution is 5.98. The Hall–Kier alpha value is -2.17. The third kappa shape index (κ3) is 4.27. The molecule has 2 atom stereocenters. The van der Waals surface area contributed by atoms with Gasteiger partial charge in [0.05, 0.1) is 0 Å². The van der Waals surface area contributed by atoms with Crippen molar-refractivity contribution in [1.82, 2.24) is 4.90 Å². The maximum absolute atomic E-state index is 13.0. The molecule has 25 heavy (non-hydrogen) atoms. The monoisotopic (exact) mass is 345 g/mol. The summed E-state index contributed by atoms with van der Waals surface area (Å²) in [5, 5.41) is 0. The minimum absolute atomic E-state index is 0.0825. The van der Waals surface area contributed by atoms with Crippen LogP contribution in [0.5, 0.6) is 0 Å². The predicted octanol–water partition coefficient (Wildman–Crippen LogP) is 3.43. The second-order valence-corrected chi connectivity index (χ2v) is 7.91. The maximum Gasteiger partial charge on any atom is 0.330 e. The molecule has 0 aromatic heterocycles. The van der Waals surface area contributed by atoms with E-state index in [1.807, 2.05) is 40.7 Å². The molecule has 1 aromatic carbocycles. The number of carbonyl (C=O) groups is 3. The van der Waals surface area contributed by atoms with E-state index in [0.717, 1.165) is 0 Å². The van der Waals surface area contributed by atoms with Crippen molar-refractivity contribution in [3.05, 3.63) is 35.9 Å². The molecule has 136 valence electrons. The zero-order chi connectivity index (χ0) is 18.8. The van der Waals surface area contributed by atoms with Crippen molar-refractivity contribution >= 4 is 17.7 Å². The zero-order valence-electron chi connectivity index (χ0n) is 15.6. The zero-order valence-corrected chi connectivity index (χ0v) is 15.6. The highest BCUT2D eigenvalue weighted by Gasteiger charge is 2.49. The third-order valence-corrected chi connectivity index (χ3v) is 4.39. The Morgan fingerprint density at radius 3 is 2.28 bits per heavy atom. The molecule has 1 saturated heterocycles. The maximum atomic E-state index is 13.0. The number of nitrogens with zero attached hydrogens (tertiary/aromatic N) is 1. The summed E-state index contributed by atoms with van der Waals surface area (Å²) in [5.41, 5.74) is 0.0897. The normalized spacial score (nSPS) is 20.7. The van der Waals surface area contributed by atoms with Gasteiger partial charge in [-0.05, 0) is 18.6 Å². The fourth-order valence-electron chi connectivity index (χ4n) is 2.92. The fraction of sp³-hybridized carbons (Fsp3) is 0.550. The van der Waals surface area contributed by atoms with Crippen LogP contribution in [0.15, 0.2) is 30.3 Å². The first-order valence-corrected chi connectivity index (χ1v) is 8.74. The van der Waals surface area contributed by atoms with Crippen LogP contribution in [0.3, 0.4) is 0 Å². The molecular formula is C20H27NO4. The molecule has 0 aliphatic carbocycles. The molecule has 1 heterocycles. The average Bonchev–Trinajstić information content (AvgIpc) is 2.89. The number of benzene rings is 1. The van der Waals surface area contributed by atoms with Crippen molar-refractivity contribution in [1.29, 1.82) is 0 Å². The van der Waals surface area contributed by atoms with Gasteiger partial charge in [0.25, 0.3) is 5.91 Å². The van der Waals surface area contributed by atoms with Gasteiger partial charge in [0.2, 0.25) is 0 Å². The van der Waals surface area contributed by atoms with Gasteiger partial charge in [-0.1, -0.05) is 52.8 Å². The van der Waals surface area contributed by atoms with Gasteiger partial charge in [-0.15, -0.1) is 0 Å². The van der Waals surface area contributed by atoms with E-state index in [1.54, 1.807) is 24.3 Å². The topological polar surface area (TPSA) is 63.7 Å². The minimum atomic E-state index is -0.723. The highest BCUT2D eigenvalue weighted by Crippen LogP contribution is 2.35. The summed E-state index contributed by atoms with van der Waals surface area (Å²) in [6.07, 6.45) is -0.0970. The molecule has 0 radical (unpaired) electrons. The number of ketones is 1. The van der Waals surface area contributed by atoms with E-state index >= 15 is 0 Å². The number of amides is 1. The first-order valence-electron chi connectivity index (χ1n) is 8.74. The summed E-state index contributed by atoms with van der Waals surface area (Å²) >= 11 is 0. The first-order chi connectivity index (χ1) is 11.6. The minimum Gasteiger partial charge on any atom is -0.439 e. The van der Waals surface area contributed by atoms with Gasteiger partial charge in [-0.2, -0.15) is 0 Å². The largest absolute Gasteiger partial charge is 0.439 e. The molecule has 2 rings (SSSR count). The van der Waals surface area contributed by atoms with E-state index < -0.39 is 23.7 Å². The molecule has 0 N–H and O–H groups in total. The number of cyclic esters (lactones) is 1. The van der Waals surface area contributed by atoms with E-state index in [9.17, 15) is 14.4 Å². The molecule has 1 fully saturated rings. The quantitative estimate of drug-likeness (QED) is 0.767. The number of ether oxygens (including phenoxy) is 1. The van der Waals surface area contributed by atoms with Crippen molar-refractivity contribution < 1.29 is 19.1 Å². The number of carbonyl (C=O) groups excluding carboxylic acids is 3. The number of Topliss-reactive ketones (excluding diaryl/α,β-unsaturated/α-hetero) is 1. The SMILES string of the molecule is CC(C)C(=O)CC[C@@H]1C(=O)O[C@@H](C(C)(C)C)N1C(=O)c1ccccc1. The van der Waals surface area contributed by atoms with Gasteiger partial charge in [0.1, 0.15) is 11.8 Å². The van der Waals surface area contributed by atoms with Crippen LogP contribution in [-0.4, -0.2) is 34.8 Å². The Morgan fingerprint density at radius 2 is 1.76 bits per heavy atom. The molecule has 0 saturated carbocycles. The van der Waals surface area contributed by atoms with E-state index in [2.05, 4.69) is 0 Å². The van der Waals surface area contributed by atoms with Crippen LogP contribution in [0.2, 0.25) is 0 Å². The van der Waals surface area contributed by atoms with Crippen LogP contribution in [0.4, 0.5) is 0 Å². The van der Waals surface area contributed by atoms with Crippen molar-refractivity contribution in [2.45, 2.75) is 59.7 Å². The number of rotatable bonds is 5. The van der Waals surface area contributed by atoms with E-state index in [0.29, 0.717) is 12.0 Å². The van der Waals surface area contributed by atoms with Gasteiger partial charge in [-0.25, -0.2) is 4.79 Å². The van der Waals surface area contributed by atoms with Gasteiger partial charge in [-0.3, -0.25) is 14.5 Å². The van der Waals surface area contributed by atoms with Crippen LogP contribution >= 0.6 is 0 Å². The van der Waals surface area contributed by atoms with E-state index in [-0.39, 0.29) is 24.0 Å². The van der Waals surface area contributed by atoms with E-state index in [1.165, 1.54) is 4.90 Å². The van der Waals surface area contributed by atoms with Crippen LogP contribution < -0.4 is 0 Å². The van der Waals surface area contributed by atoms with E-state index in [4.69, 9.17) is 4.74 Å². The lowest BCUT2D eigenvalue weighted by atomic mass is 9.92. The molecule has 1 aliphatic heterocycles. The Bertz CT molecular complexity index is 645. The van der Waals surface area contributed by atoms with Crippen molar-refractivity contribution in [3.63, 3.8) is 0 Å². The van der Waals surface area contributed by atoms with Crippen molar-refractivity contribution in [2.24, 2.45) is 11.3 Å². The van der Waals surface area contributed by atoms with Crippen molar-refractivity contribution in [3.8, 4) is 0 Å². The number of esters is 1. The van der Waals surface area contributed by atoms with Crippen LogP contribution in [0.25, 0.3) is 0 Å². The Balaban J connectivity index is 2.30. The lowest BCUT2D eigenvalue weighted by Crippen LogP contribution is -2.48. The Morgan fingerprint density at radius 1 is 1.16 bits per heavy atom. The molecule has 5 heteroatoms.